The van der Waals surface area contributed by atoms with E-state index in [-0.39, 0.29) is 13.2 Å². The largest absolute Gasteiger partial charge is 0.462 e. The van der Waals surface area contributed by atoms with Crippen molar-refractivity contribution in [3.05, 3.63) is 96.1 Å². The van der Waals surface area contributed by atoms with Crippen molar-refractivity contribution in [2.75, 3.05) is 6.61 Å². The first-order chi connectivity index (χ1) is 13.2. The zero-order valence-corrected chi connectivity index (χ0v) is 14.8. The number of fused-ring (bicyclic) bond motifs is 1. The summed E-state index contributed by atoms with van der Waals surface area (Å²) in [6.45, 7) is 0.413. The van der Waals surface area contributed by atoms with Gasteiger partial charge in [-0.3, -0.25) is 0 Å². The Morgan fingerprint density at radius 2 is 1.37 bits per heavy atom. The molecule has 0 spiro atoms. The minimum atomic E-state index is -0.580. The molecule has 0 aromatic heterocycles. The van der Waals surface area contributed by atoms with Gasteiger partial charge in [0, 0.05) is 18.6 Å². The van der Waals surface area contributed by atoms with Crippen molar-refractivity contribution in [2.24, 2.45) is 0 Å². The van der Waals surface area contributed by atoms with Crippen LogP contribution in [-0.4, -0.2) is 18.5 Å². The molecule has 0 bridgehead atoms. The molecule has 0 saturated heterocycles. The summed E-state index contributed by atoms with van der Waals surface area (Å²) in [5.41, 5.74) is 1.98. The molecule has 0 radical (unpaired) electrons. The number of benzene rings is 3. The van der Waals surface area contributed by atoms with Gasteiger partial charge < -0.3 is 9.47 Å². The lowest BCUT2D eigenvalue weighted by Gasteiger charge is -2.04. The zero-order chi connectivity index (χ0) is 18.9. The van der Waals surface area contributed by atoms with Gasteiger partial charge in [0.1, 0.15) is 6.61 Å². The Morgan fingerprint density at radius 1 is 0.704 bits per heavy atom. The molecule has 0 heterocycles. The monoisotopic (exact) mass is 360 g/mol. The Morgan fingerprint density at radius 3 is 2.15 bits per heavy atom. The van der Waals surface area contributed by atoms with Crippen molar-refractivity contribution in [3.8, 4) is 0 Å². The fourth-order valence-electron chi connectivity index (χ4n) is 2.63. The standard InChI is InChI=1S/C23H20O4/c24-22(26-15-14-18-6-2-1-3-7-18)12-13-23(25)27-17-19-10-11-20-8-4-5-9-21(20)16-19/h1-13,16H,14-15,17H2/b13-12+. The maximum absolute atomic E-state index is 11.8. The van der Waals surface area contributed by atoms with E-state index < -0.39 is 11.9 Å². The van der Waals surface area contributed by atoms with Gasteiger partial charge in [0.15, 0.2) is 0 Å². The maximum atomic E-state index is 11.8. The van der Waals surface area contributed by atoms with Crippen LogP contribution in [0.15, 0.2) is 84.9 Å². The topological polar surface area (TPSA) is 52.6 Å². The second-order valence-corrected chi connectivity index (χ2v) is 6.03. The van der Waals surface area contributed by atoms with Crippen LogP contribution in [0.5, 0.6) is 0 Å². The molecule has 0 aliphatic heterocycles. The SMILES string of the molecule is O=C(/C=C/C(=O)OCc1ccc2ccccc2c1)OCCc1ccccc1. The Kier molecular flexibility index (Phi) is 6.36. The van der Waals surface area contributed by atoms with E-state index in [1.54, 1.807) is 0 Å². The predicted octanol–water partition coefficient (Wildman–Crippen LogP) is 4.23. The van der Waals surface area contributed by atoms with Crippen molar-refractivity contribution in [2.45, 2.75) is 13.0 Å². The second-order valence-electron chi connectivity index (χ2n) is 6.03. The summed E-state index contributed by atoms with van der Waals surface area (Å²) in [7, 11) is 0. The third-order valence-corrected chi connectivity index (χ3v) is 4.03. The molecule has 4 nitrogen and oxygen atoms in total. The Hall–Kier alpha value is -3.40. The first kappa shape index (κ1) is 18.4. The minimum Gasteiger partial charge on any atom is -0.462 e. The molecule has 0 fully saturated rings. The van der Waals surface area contributed by atoms with Gasteiger partial charge >= 0.3 is 11.9 Å². The Labute approximate surface area is 158 Å². The first-order valence-corrected chi connectivity index (χ1v) is 8.74. The molecule has 0 amide bonds. The van der Waals surface area contributed by atoms with Crippen LogP contribution in [0.25, 0.3) is 10.8 Å². The number of carbonyl (C=O) groups is 2. The summed E-state index contributed by atoms with van der Waals surface area (Å²) in [6, 6.07) is 23.6. The Balaban J connectivity index is 1.41. The van der Waals surface area contributed by atoms with Gasteiger partial charge in [-0.05, 0) is 28.0 Å². The maximum Gasteiger partial charge on any atom is 0.331 e. The average Bonchev–Trinajstić information content (AvgIpc) is 2.71. The quantitative estimate of drug-likeness (QED) is 0.467. The van der Waals surface area contributed by atoms with E-state index in [9.17, 15) is 9.59 Å². The van der Waals surface area contributed by atoms with Crippen molar-refractivity contribution >= 4 is 22.7 Å². The molecule has 3 aromatic carbocycles. The highest BCUT2D eigenvalue weighted by Gasteiger charge is 2.03. The molecule has 136 valence electrons. The molecule has 27 heavy (non-hydrogen) atoms. The van der Waals surface area contributed by atoms with E-state index in [0.717, 1.165) is 34.1 Å². The molecule has 0 aliphatic carbocycles. The summed E-state index contributed by atoms with van der Waals surface area (Å²) in [5, 5.41) is 2.22. The molecule has 4 heteroatoms. The van der Waals surface area contributed by atoms with E-state index in [1.807, 2.05) is 72.8 Å². The number of carbonyl (C=O) groups excluding carboxylic acids is 2. The molecule has 0 N–H and O–H groups in total. The third kappa shape index (κ3) is 5.82. The van der Waals surface area contributed by atoms with Crippen LogP contribution in [-0.2, 0) is 32.1 Å². The second kappa shape index (κ2) is 9.34. The highest BCUT2D eigenvalue weighted by atomic mass is 16.5. The van der Waals surface area contributed by atoms with Crippen LogP contribution in [0.2, 0.25) is 0 Å². The van der Waals surface area contributed by atoms with Crippen molar-refractivity contribution in [1.82, 2.24) is 0 Å². The normalized spacial score (nSPS) is 10.8. The van der Waals surface area contributed by atoms with E-state index in [1.165, 1.54) is 0 Å². The number of esters is 2. The van der Waals surface area contributed by atoms with Crippen LogP contribution >= 0.6 is 0 Å². The lowest BCUT2D eigenvalue weighted by atomic mass is 10.1. The fourth-order valence-corrected chi connectivity index (χ4v) is 2.63. The molecular formula is C23H20O4. The van der Waals surface area contributed by atoms with Crippen LogP contribution in [0.4, 0.5) is 0 Å². The summed E-state index contributed by atoms with van der Waals surface area (Å²) in [6.07, 6.45) is 2.81. The molecular weight excluding hydrogens is 340 g/mol. The van der Waals surface area contributed by atoms with Crippen LogP contribution in [0.1, 0.15) is 11.1 Å². The third-order valence-electron chi connectivity index (χ3n) is 4.03. The number of hydrogen-bond acceptors (Lipinski definition) is 4. The van der Waals surface area contributed by atoms with Crippen molar-refractivity contribution in [1.29, 1.82) is 0 Å². The first-order valence-electron chi connectivity index (χ1n) is 8.74. The van der Waals surface area contributed by atoms with Gasteiger partial charge in [0.25, 0.3) is 0 Å². The fraction of sp³-hybridized carbons (Fsp3) is 0.130. The van der Waals surface area contributed by atoms with Gasteiger partial charge in [-0.2, -0.15) is 0 Å². The summed E-state index contributed by atoms with van der Waals surface area (Å²) >= 11 is 0. The van der Waals surface area contributed by atoms with E-state index in [0.29, 0.717) is 6.42 Å². The molecule has 0 aliphatic rings. The van der Waals surface area contributed by atoms with Crippen LogP contribution in [0, 0.1) is 0 Å². The lowest BCUT2D eigenvalue weighted by molar-refractivity contribution is -0.141. The highest BCUT2D eigenvalue weighted by molar-refractivity contribution is 5.91. The van der Waals surface area contributed by atoms with Gasteiger partial charge in [-0.15, -0.1) is 0 Å². The van der Waals surface area contributed by atoms with E-state index in [4.69, 9.17) is 9.47 Å². The molecule has 0 saturated carbocycles. The van der Waals surface area contributed by atoms with Gasteiger partial charge in [0.2, 0.25) is 0 Å². The summed E-state index contributed by atoms with van der Waals surface area (Å²) in [4.78, 5) is 23.4. The van der Waals surface area contributed by atoms with Gasteiger partial charge in [-0.25, -0.2) is 9.59 Å². The highest BCUT2D eigenvalue weighted by Crippen LogP contribution is 2.16. The van der Waals surface area contributed by atoms with Gasteiger partial charge in [0.05, 0.1) is 6.61 Å². The predicted molar refractivity (Wildman–Crippen MR) is 104 cm³/mol. The Bertz CT molecular complexity index is 945. The molecule has 0 unspecified atom stereocenters. The summed E-state index contributed by atoms with van der Waals surface area (Å²) < 4.78 is 10.2. The average molecular weight is 360 g/mol. The van der Waals surface area contributed by atoms with E-state index >= 15 is 0 Å². The summed E-state index contributed by atoms with van der Waals surface area (Å²) in [5.74, 6) is -1.14. The van der Waals surface area contributed by atoms with Gasteiger partial charge in [-0.1, -0.05) is 66.7 Å². The van der Waals surface area contributed by atoms with Crippen molar-refractivity contribution < 1.29 is 19.1 Å². The number of ether oxygens (including phenoxy) is 2. The minimum absolute atomic E-state index is 0.150. The lowest BCUT2D eigenvalue weighted by Crippen LogP contribution is -2.07. The molecule has 3 aromatic rings. The van der Waals surface area contributed by atoms with Crippen LogP contribution in [0.3, 0.4) is 0 Å². The number of hydrogen-bond donors (Lipinski definition) is 0. The zero-order valence-electron chi connectivity index (χ0n) is 14.8. The smallest absolute Gasteiger partial charge is 0.331 e. The van der Waals surface area contributed by atoms with Crippen molar-refractivity contribution in [3.63, 3.8) is 0 Å². The van der Waals surface area contributed by atoms with E-state index in [2.05, 4.69) is 0 Å². The van der Waals surface area contributed by atoms with Crippen LogP contribution < -0.4 is 0 Å². The molecule has 3 rings (SSSR count). The molecule has 0 atom stereocenters. The number of rotatable bonds is 7.